The molecule has 0 aromatic heterocycles. The Kier molecular flexibility index (Phi) is 6.50. The second-order valence-electron chi connectivity index (χ2n) is 5.47. The molecule has 0 saturated carbocycles. The van der Waals surface area contributed by atoms with Gasteiger partial charge in [0.1, 0.15) is 12.4 Å². The third-order valence-electron chi connectivity index (χ3n) is 3.68. The fourth-order valence-electron chi connectivity index (χ4n) is 2.38. The Morgan fingerprint density at radius 2 is 1.92 bits per heavy atom. The van der Waals surface area contributed by atoms with Gasteiger partial charge in [0.25, 0.3) is 0 Å². The Morgan fingerprint density at radius 3 is 2.62 bits per heavy atom. The van der Waals surface area contributed by atoms with Crippen LogP contribution in [0.15, 0.2) is 48.7 Å². The van der Waals surface area contributed by atoms with Crippen LogP contribution >= 0.6 is 11.8 Å². The molecular weight excluding hydrogens is 320 g/mol. The van der Waals surface area contributed by atoms with Crippen molar-refractivity contribution in [3.8, 4) is 5.75 Å². The van der Waals surface area contributed by atoms with Crippen LogP contribution in [0.3, 0.4) is 0 Å². The first-order chi connectivity index (χ1) is 11.6. The normalized spacial score (nSPS) is 11.2. The Hall–Kier alpha value is -2.20. The van der Waals surface area contributed by atoms with E-state index in [0.29, 0.717) is 12.2 Å². The van der Waals surface area contributed by atoms with Crippen molar-refractivity contribution in [2.45, 2.75) is 20.5 Å². The number of benzene rings is 2. The number of hydrogen-bond acceptors (Lipinski definition) is 4. The van der Waals surface area contributed by atoms with Gasteiger partial charge >= 0.3 is 0 Å². The van der Waals surface area contributed by atoms with Gasteiger partial charge in [0.15, 0.2) is 0 Å². The van der Waals surface area contributed by atoms with E-state index >= 15 is 0 Å². The topological polar surface area (TPSA) is 35.5 Å². The van der Waals surface area contributed by atoms with Crippen LogP contribution in [0.2, 0.25) is 0 Å². The summed E-state index contributed by atoms with van der Waals surface area (Å²) in [5, 5.41) is -0.0314. The van der Waals surface area contributed by atoms with Crippen molar-refractivity contribution < 1.29 is 14.3 Å². The highest BCUT2D eigenvalue weighted by Crippen LogP contribution is 2.26. The Labute approximate surface area is 147 Å². The lowest BCUT2D eigenvalue weighted by Crippen LogP contribution is -2.05. The molecule has 0 amide bonds. The van der Waals surface area contributed by atoms with Crippen LogP contribution in [0.5, 0.6) is 5.75 Å². The Balaban J connectivity index is 2.30. The monoisotopic (exact) mass is 342 g/mol. The number of carbonyl (C=O) groups is 1. The smallest absolute Gasteiger partial charge is 0.222 e. The standard InChI is InChI=1S/C20H22O3S/c1-14-9-10-15(2)19(11-14)23-12-16-7-5-6-8-17(16)18(13-22-3)20(21)24-4/h5-11,13H,12H2,1-4H3/b18-13-. The molecule has 0 aliphatic carbocycles. The van der Waals surface area contributed by atoms with Gasteiger partial charge in [0.05, 0.1) is 18.9 Å². The lowest BCUT2D eigenvalue weighted by atomic mass is 10.0. The largest absolute Gasteiger partial charge is 0.504 e. The van der Waals surface area contributed by atoms with Crippen molar-refractivity contribution >= 4 is 22.5 Å². The molecule has 0 atom stereocenters. The van der Waals surface area contributed by atoms with Crippen LogP contribution in [0.1, 0.15) is 22.3 Å². The Bertz CT molecular complexity index is 750. The minimum Gasteiger partial charge on any atom is -0.504 e. The van der Waals surface area contributed by atoms with Crippen molar-refractivity contribution in [3.63, 3.8) is 0 Å². The van der Waals surface area contributed by atoms with Crippen LogP contribution < -0.4 is 4.74 Å². The van der Waals surface area contributed by atoms with Crippen molar-refractivity contribution in [3.05, 3.63) is 71.0 Å². The zero-order valence-electron chi connectivity index (χ0n) is 14.5. The van der Waals surface area contributed by atoms with Crippen molar-refractivity contribution in [1.29, 1.82) is 0 Å². The zero-order chi connectivity index (χ0) is 17.5. The predicted octanol–water partition coefficient (Wildman–Crippen LogP) is 4.76. The number of thioether (sulfide) groups is 1. The van der Waals surface area contributed by atoms with Gasteiger partial charge in [-0.25, -0.2) is 0 Å². The molecule has 0 unspecified atom stereocenters. The number of carbonyl (C=O) groups excluding carboxylic acids is 1. The molecule has 0 aliphatic rings. The van der Waals surface area contributed by atoms with E-state index in [1.54, 1.807) is 13.4 Å². The average molecular weight is 342 g/mol. The van der Waals surface area contributed by atoms with E-state index in [1.165, 1.54) is 18.0 Å². The van der Waals surface area contributed by atoms with Crippen LogP contribution in [0, 0.1) is 13.8 Å². The van der Waals surface area contributed by atoms with Gasteiger partial charge in [-0.2, -0.15) is 0 Å². The first-order valence-electron chi connectivity index (χ1n) is 7.66. The van der Waals surface area contributed by atoms with E-state index in [4.69, 9.17) is 9.47 Å². The van der Waals surface area contributed by atoms with Gasteiger partial charge in [0.2, 0.25) is 5.12 Å². The SMILES string of the molecule is CO/C=C(\C(=O)SC)c1ccccc1COc1cc(C)ccc1C. The van der Waals surface area contributed by atoms with E-state index in [0.717, 1.165) is 28.0 Å². The summed E-state index contributed by atoms with van der Waals surface area (Å²) in [5.74, 6) is 0.860. The van der Waals surface area contributed by atoms with Gasteiger partial charge in [-0.05, 0) is 48.4 Å². The number of aryl methyl sites for hydroxylation is 2. The summed E-state index contributed by atoms with van der Waals surface area (Å²) in [6, 6.07) is 13.9. The highest BCUT2D eigenvalue weighted by atomic mass is 32.2. The van der Waals surface area contributed by atoms with E-state index in [2.05, 4.69) is 6.07 Å². The number of rotatable bonds is 6. The minimum absolute atomic E-state index is 0.0314. The molecule has 24 heavy (non-hydrogen) atoms. The summed E-state index contributed by atoms with van der Waals surface area (Å²) >= 11 is 1.17. The average Bonchev–Trinajstić information content (AvgIpc) is 2.60. The predicted molar refractivity (Wildman–Crippen MR) is 100 cm³/mol. The first-order valence-corrected chi connectivity index (χ1v) is 8.89. The van der Waals surface area contributed by atoms with Gasteiger partial charge in [-0.15, -0.1) is 0 Å². The molecule has 126 valence electrons. The zero-order valence-corrected chi connectivity index (χ0v) is 15.3. The molecule has 0 radical (unpaired) electrons. The fraction of sp³-hybridized carbons (Fsp3) is 0.250. The summed E-state index contributed by atoms with van der Waals surface area (Å²) in [4.78, 5) is 12.2. The van der Waals surface area contributed by atoms with Crippen LogP contribution in [0.25, 0.3) is 5.57 Å². The maximum absolute atomic E-state index is 12.2. The second-order valence-corrected chi connectivity index (χ2v) is 6.25. The van der Waals surface area contributed by atoms with Gasteiger partial charge in [0, 0.05) is 0 Å². The van der Waals surface area contributed by atoms with E-state index < -0.39 is 0 Å². The van der Waals surface area contributed by atoms with E-state index in [-0.39, 0.29) is 5.12 Å². The third kappa shape index (κ3) is 4.42. The summed E-state index contributed by atoms with van der Waals surface area (Å²) in [7, 11) is 1.54. The van der Waals surface area contributed by atoms with Crippen molar-refractivity contribution in [2.24, 2.45) is 0 Å². The third-order valence-corrected chi connectivity index (χ3v) is 4.27. The molecular formula is C20H22O3S. The van der Waals surface area contributed by atoms with Crippen LogP contribution in [-0.4, -0.2) is 18.5 Å². The summed E-state index contributed by atoms with van der Waals surface area (Å²) in [6.45, 7) is 4.45. The molecule has 0 N–H and O–H groups in total. The molecule has 2 aromatic carbocycles. The molecule has 0 fully saturated rings. The second kappa shape index (κ2) is 8.60. The maximum atomic E-state index is 12.2. The van der Waals surface area contributed by atoms with E-state index in [9.17, 15) is 4.79 Å². The van der Waals surface area contributed by atoms with E-state index in [1.807, 2.05) is 50.2 Å². The molecule has 3 nitrogen and oxygen atoms in total. The Morgan fingerprint density at radius 1 is 1.17 bits per heavy atom. The highest BCUT2D eigenvalue weighted by molar-refractivity contribution is 8.14. The minimum atomic E-state index is -0.0314. The first kappa shape index (κ1) is 18.1. The lowest BCUT2D eigenvalue weighted by molar-refractivity contribution is -0.106. The highest BCUT2D eigenvalue weighted by Gasteiger charge is 2.15. The van der Waals surface area contributed by atoms with Crippen molar-refractivity contribution in [1.82, 2.24) is 0 Å². The summed E-state index contributed by atoms with van der Waals surface area (Å²) < 4.78 is 11.1. The molecule has 4 heteroatoms. The molecule has 0 spiro atoms. The molecule has 0 bridgehead atoms. The van der Waals surface area contributed by atoms with Gasteiger partial charge in [-0.1, -0.05) is 48.2 Å². The number of methoxy groups -OCH3 is 1. The molecule has 0 heterocycles. The fourth-order valence-corrected chi connectivity index (χ4v) is 2.75. The summed E-state index contributed by atoms with van der Waals surface area (Å²) in [5.41, 5.74) is 4.57. The van der Waals surface area contributed by atoms with Gasteiger partial charge < -0.3 is 9.47 Å². The molecule has 2 rings (SSSR count). The number of hydrogen-bond donors (Lipinski definition) is 0. The lowest BCUT2D eigenvalue weighted by Gasteiger charge is -2.14. The molecule has 0 saturated heterocycles. The van der Waals surface area contributed by atoms with Gasteiger partial charge in [-0.3, -0.25) is 4.79 Å². The van der Waals surface area contributed by atoms with Crippen LogP contribution in [-0.2, 0) is 16.1 Å². The molecule has 2 aromatic rings. The van der Waals surface area contributed by atoms with Crippen molar-refractivity contribution in [2.75, 3.05) is 13.4 Å². The quantitative estimate of drug-likeness (QED) is 0.560. The van der Waals surface area contributed by atoms with Crippen LogP contribution in [0.4, 0.5) is 0 Å². The number of ether oxygens (including phenoxy) is 2. The molecule has 0 aliphatic heterocycles. The summed E-state index contributed by atoms with van der Waals surface area (Å²) in [6.07, 6.45) is 3.26. The maximum Gasteiger partial charge on any atom is 0.222 e.